The number of benzene rings is 1. The molecule has 0 radical (unpaired) electrons. The van der Waals surface area contributed by atoms with Crippen molar-refractivity contribution in [2.24, 2.45) is 5.92 Å². The third kappa shape index (κ3) is 3.02. The molecular weight excluding hydrogens is 168 g/mol. The van der Waals surface area contributed by atoms with Crippen molar-refractivity contribution in [3.8, 4) is 0 Å². The monoisotopic (exact) mass is 188 g/mol. The van der Waals surface area contributed by atoms with Crippen molar-refractivity contribution in [2.45, 2.75) is 33.6 Å². The SMILES string of the molecule is C=C(C)C(C)Cc1cccc(CC)c1. The Morgan fingerprint density at radius 3 is 2.57 bits per heavy atom. The van der Waals surface area contributed by atoms with Crippen molar-refractivity contribution in [3.63, 3.8) is 0 Å². The van der Waals surface area contributed by atoms with Gasteiger partial charge >= 0.3 is 0 Å². The van der Waals surface area contributed by atoms with Crippen LogP contribution in [0, 0.1) is 5.92 Å². The molecule has 1 unspecified atom stereocenters. The van der Waals surface area contributed by atoms with Crippen LogP contribution in [0.25, 0.3) is 0 Å². The number of hydrogen-bond acceptors (Lipinski definition) is 0. The maximum absolute atomic E-state index is 3.99. The van der Waals surface area contributed by atoms with Crippen molar-refractivity contribution in [2.75, 3.05) is 0 Å². The van der Waals surface area contributed by atoms with Gasteiger partial charge in [-0.05, 0) is 36.8 Å². The molecule has 76 valence electrons. The minimum absolute atomic E-state index is 0.585. The maximum Gasteiger partial charge on any atom is -0.0197 e. The van der Waals surface area contributed by atoms with Crippen LogP contribution < -0.4 is 0 Å². The van der Waals surface area contributed by atoms with Crippen molar-refractivity contribution in [1.82, 2.24) is 0 Å². The summed E-state index contributed by atoms with van der Waals surface area (Å²) in [4.78, 5) is 0. The molecule has 0 fully saturated rings. The summed E-state index contributed by atoms with van der Waals surface area (Å²) in [5.41, 5.74) is 4.13. The Hall–Kier alpha value is -1.04. The minimum Gasteiger partial charge on any atom is -0.0999 e. The van der Waals surface area contributed by atoms with E-state index in [-0.39, 0.29) is 0 Å². The second kappa shape index (κ2) is 4.99. The summed E-state index contributed by atoms with van der Waals surface area (Å²) >= 11 is 0. The van der Waals surface area contributed by atoms with E-state index in [1.54, 1.807) is 0 Å². The van der Waals surface area contributed by atoms with E-state index >= 15 is 0 Å². The molecule has 1 atom stereocenters. The number of aryl methyl sites for hydroxylation is 1. The van der Waals surface area contributed by atoms with Crippen molar-refractivity contribution in [1.29, 1.82) is 0 Å². The normalized spacial score (nSPS) is 12.5. The van der Waals surface area contributed by atoms with Gasteiger partial charge in [0.2, 0.25) is 0 Å². The molecule has 0 spiro atoms. The fraction of sp³-hybridized carbons (Fsp3) is 0.429. The zero-order valence-electron chi connectivity index (χ0n) is 9.51. The molecule has 1 aromatic rings. The molecule has 0 nitrogen and oxygen atoms in total. The topological polar surface area (TPSA) is 0 Å². The van der Waals surface area contributed by atoms with Gasteiger partial charge in [-0.25, -0.2) is 0 Å². The van der Waals surface area contributed by atoms with Crippen LogP contribution in [0.5, 0.6) is 0 Å². The lowest BCUT2D eigenvalue weighted by Gasteiger charge is -2.11. The first-order valence-corrected chi connectivity index (χ1v) is 5.36. The number of allylic oxidation sites excluding steroid dienone is 1. The highest BCUT2D eigenvalue weighted by atomic mass is 14.1. The quantitative estimate of drug-likeness (QED) is 0.626. The molecule has 0 amide bonds. The van der Waals surface area contributed by atoms with Gasteiger partial charge in [-0.2, -0.15) is 0 Å². The summed E-state index contributed by atoms with van der Waals surface area (Å²) in [5.74, 6) is 0.585. The zero-order valence-corrected chi connectivity index (χ0v) is 9.51. The summed E-state index contributed by atoms with van der Waals surface area (Å²) in [7, 11) is 0. The highest BCUT2D eigenvalue weighted by Gasteiger charge is 2.03. The highest BCUT2D eigenvalue weighted by molar-refractivity contribution is 5.24. The average molecular weight is 188 g/mol. The molecule has 0 bridgehead atoms. The molecule has 0 aliphatic heterocycles. The van der Waals surface area contributed by atoms with E-state index in [1.807, 2.05) is 0 Å². The summed E-state index contributed by atoms with van der Waals surface area (Å²) in [6.07, 6.45) is 2.23. The van der Waals surface area contributed by atoms with Crippen LogP contribution in [-0.2, 0) is 12.8 Å². The molecule has 0 saturated heterocycles. The first-order valence-electron chi connectivity index (χ1n) is 5.36. The van der Waals surface area contributed by atoms with E-state index in [9.17, 15) is 0 Å². The number of rotatable bonds is 4. The Labute approximate surface area is 87.7 Å². The standard InChI is InChI=1S/C14H20/c1-5-13-7-6-8-14(10-13)9-12(4)11(2)3/h6-8,10,12H,2,5,9H2,1,3-4H3. The predicted octanol–water partition coefficient (Wildman–Crippen LogP) is 4.00. The fourth-order valence-corrected chi connectivity index (χ4v) is 1.50. The van der Waals surface area contributed by atoms with Gasteiger partial charge in [0.1, 0.15) is 0 Å². The van der Waals surface area contributed by atoms with Gasteiger partial charge in [-0.1, -0.05) is 50.3 Å². The van der Waals surface area contributed by atoms with Crippen LogP contribution in [0.1, 0.15) is 31.9 Å². The summed E-state index contributed by atoms with van der Waals surface area (Å²) in [6.45, 7) is 10.5. The molecule has 1 aromatic carbocycles. The second-order valence-electron chi connectivity index (χ2n) is 4.13. The van der Waals surface area contributed by atoms with Crippen molar-refractivity contribution >= 4 is 0 Å². The Morgan fingerprint density at radius 1 is 1.36 bits per heavy atom. The van der Waals surface area contributed by atoms with Gasteiger partial charge in [0, 0.05) is 0 Å². The van der Waals surface area contributed by atoms with E-state index in [0.717, 1.165) is 12.8 Å². The molecule has 0 saturated carbocycles. The first kappa shape index (κ1) is 11.0. The van der Waals surface area contributed by atoms with Crippen LogP contribution >= 0.6 is 0 Å². The van der Waals surface area contributed by atoms with Crippen molar-refractivity contribution in [3.05, 3.63) is 47.5 Å². The van der Waals surface area contributed by atoms with Crippen LogP contribution in [0.3, 0.4) is 0 Å². The first-order chi connectivity index (χ1) is 6.63. The van der Waals surface area contributed by atoms with E-state index in [4.69, 9.17) is 0 Å². The number of hydrogen-bond donors (Lipinski definition) is 0. The van der Waals surface area contributed by atoms with Gasteiger partial charge in [-0.15, -0.1) is 0 Å². The molecule has 1 rings (SSSR count). The van der Waals surface area contributed by atoms with Crippen LogP contribution in [0.2, 0.25) is 0 Å². The maximum atomic E-state index is 3.99. The largest absolute Gasteiger partial charge is 0.0999 e. The molecule has 0 aliphatic carbocycles. The van der Waals surface area contributed by atoms with Crippen molar-refractivity contribution < 1.29 is 0 Å². The predicted molar refractivity (Wildman–Crippen MR) is 63.5 cm³/mol. The molecule has 0 aromatic heterocycles. The minimum atomic E-state index is 0.585. The smallest absolute Gasteiger partial charge is 0.0197 e. The lowest BCUT2D eigenvalue weighted by Crippen LogP contribution is -2.00. The van der Waals surface area contributed by atoms with E-state index in [0.29, 0.717) is 5.92 Å². The Balaban J connectivity index is 2.71. The molecule has 0 N–H and O–H groups in total. The van der Waals surface area contributed by atoms with E-state index < -0.39 is 0 Å². The van der Waals surface area contributed by atoms with Gasteiger partial charge in [0.05, 0.1) is 0 Å². The van der Waals surface area contributed by atoms with Crippen LogP contribution in [0.4, 0.5) is 0 Å². The van der Waals surface area contributed by atoms with Gasteiger partial charge in [-0.3, -0.25) is 0 Å². The molecule has 0 aliphatic rings. The Bertz CT molecular complexity index is 310. The fourth-order valence-electron chi connectivity index (χ4n) is 1.50. The molecule has 0 heterocycles. The second-order valence-corrected chi connectivity index (χ2v) is 4.13. The molecular formula is C14H20. The lowest BCUT2D eigenvalue weighted by molar-refractivity contribution is 0.680. The van der Waals surface area contributed by atoms with Crippen LogP contribution in [0.15, 0.2) is 36.4 Å². The van der Waals surface area contributed by atoms with Gasteiger partial charge in [0.25, 0.3) is 0 Å². The third-order valence-electron chi connectivity index (χ3n) is 2.78. The Kier molecular flexibility index (Phi) is 3.94. The summed E-state index contributed by atoms with van der Waals surface area (Å²) in [5, 5.41) is 0. The Morgan fingerprint density at radius 2 is 2.00 bits per heavy atom. The summed E-state index contributed by atoms with van der Waals surface area (Å²) in [6, 6.07) is 8.85. The zero-order chi connectivity index (χ0) is 10.6. The van der Waals surface area contributed by atoms with Gasteiger partial charge in [0.15, 0.2) is 0 Å². The molecule has 0 heteroatoms. The van der Waals surface area contributed by atoms with Crippen LogP contribution in [-0.4, -0.2) is 0 Å². The van der Waals surface area contributed by atoms with E-state index in [2.05, 4.69) is 51.6 Å². The lowest BCUT2D eigenvalue weighted by atomic mass is 9.94. The van der Waals surface area contributed by atoms with E-state index in [1.165, 1.54) is 16.7 Å². The van der Waals surface area contributed by atoms with Gasteiger partial charge < -0.3 is 0 Å². The third-order valence-corrected chi connectivity index (χ3v) is 2.78. The summed E-state index contributed by atoms with van der Waals surface area (Å²) < 4.78 is 0. The molecule has 14 heavy (non-hydrogen) atoms. The highest BCUT2D eigenvalue weighted by Crippen LogP contribution is 2.16. The average Bonchev–Trinajstić information content (AvgIpc) is 2.18.